The van der Waals surface area contributed by atoms with Crippen LogP contribution in [0.1, 0.15) is 18.0 Å². The van der Waals surface area contributed by atoms with Crippen molar-refractivity contribution in [3.8, 4) is 0 Å². The highest BCUT2D eigenvalue weighted by Gasteiger charge is 2.17. The molecule has 58 valence electrons. The van der Waals surface area contributed by atoms with Crippen LogP contribution in [0, 0.1) is 0 Å². The van der Waals surface area contributed by atoms with Gasteiger partial charge in [0, 0.05) is 24.4 Å². The third kappa shape index (κ3) is 1.40. The molecule has 0 N–H and O–H groups in total. The van der Waals surface area contributed by atoms with Gasteiger partial charge in [-0.25, -0.2) is 0 Å². The first-order valence-electron chi connectivity index (χ1n) is 3.95. The molecule has 0 amide bonds. The van der Waals surface area contributed by atoms with Gasteiger partial charge >= 0.3 is 0 Å². The molecule has 0 spiro atoms. The molecule has 1 aliphatic heterocycles. The number of aromatic nitrogens is 1. The predicted molar refractivity (Wildman–Crippen MR) is 42.4 cm³/mol. The van der Waals surface area contributed by atoms with Crippen LogP contribution in [-0.2, 0) is 4.74 Å². The lowest BCUT2D eigenvalue weighted by molar-refractivity contribution is 0.193. The fourth-order valence-electron chi connectivity index (χ4n) is 1.39. The Morgan fingerprint density at radius 1 is 1.45 bits per heavy atom. The van der Waals surface area contributed by atoms with Crippen molar-refractivity contribution in [2.45, 2.75) is 12.3 Å². The fourth-order valence-corrected chi connectivity index (χ4v) is 1.39. The van der Waals surface area contributed by atoms with Gasteiger partial charge in [-0.05, 0) is 18.6 Å². The molecule has 1 atom stereocenters. The fraction of sp³-hybridized carbons (Fsp3) is 0.444. The van der Waals surface area contributed by atoms with Crippen molar-refractivity contribution in [2.24, 2.45) is 0 Å². The first-order chi connectivity index (χ1) is 5.47. The Hall–Kier alpha value is -0.890. The molecular weight excluding hydrogens is 138 g/mol. The summed E-state index contributed by atoms with van der Waals surface area (Å²) in [6, 6.07) is 6.04. The Kier molecular flexibility index (Phi) is 1.86. The molecule has 1 fully saturated rings. The Morgan fingerprint density at radius 3 is 3.09 bits per heavy atom. The molecule has 0 saturated carbocycles. The second kappa shape index (κ2) is 3.01. The number of ether oxygens (including phenoxy) is 1. The third-order valence-electron chi connectivity index (χ3n) is 2.04. The van der Waals surface area contributed by atoms with Gasteiger partial charge in [0.1, 0.15) is 0 Å². The van der Waals surface area contributed by atoms with Crippen LogP contribution in [0.3, 0.4) is 0 Å². The molecule has 2 nitrogen and oxygen atoms in total. The van der Waals surface area contributed by atoms with Crippen molar-refractivity contribution in [1.29, 1.82) is 0 Å². The van der Waals surface area contributed by atoms with Crippen LogP contribution in [0.15, 0.2) is 24.4 Å². The number of pyridine rings is 1. The summed E-state index contributed by atoms with van der Waals surface area (Å²) >= 11 is 0. The molecule has 0 aromatic carbocycles. The van der Waals surface area contributed by atoms with Crippen LogP contribution in [0.25, 0.3) is 0 Å². The molecule has 0 bridgehead atoms. The molecule has 2 rings (SSSR count). The molecule has 1 saturated heterocycles. The molecular formula is C9H11NO. The minimum absolute atomic E-state index is 0.538. The minimum Gasteiger partial charge on any atom is -0.381 e. The van der Waals surface area contributed by atoms with E-state index in [4.69, 9.17) is 4.74 Å². The van der Waals surface area contributed by atoms with Gasteiger partial charge in [-0.15, -0.1) is 0 Å². The largest absolute Gasteiger partial charge is 0.381 e. The summed E-state index contributed by atoms with van der Waals surface area (Å²) in [6.07, 6.45) is 2.96. The Labute approximate surface area is 66.2 Å². The number of hydrogen-bond donors (Lipinski definition) is 0. The highest BCUT2D eigenvalue weighted by molar-refractivity contribution is 5.10. The summed E-state index contributed by atoms with van der Waals surface area (Å²) in [5, 5.41) is 0. The molecule has 11 heavy (non-hydrogen) atoms. The predicted octanol–water partition coefficient (Wildman–Crippen LogP) is 1.59. The standard InChI is InChI=1S/C9H11NO/c1-2-5-10-9(3-1)8-4-6-11-7-8/h1-3,5,8H,4,6-7H2/t8-/m1/s1. The van der Waals surface area contributed by atoms with Gasteiger partial charge in [0.15, 0.2) is 0 Å². The highest BCUT2D eigenvalue weighted by atomic mass is 16.5. The van der Waals surface area contributed by atoms with Gasteiger partial charge in [0.25, 0.3) is 0 Å². The van der Waals surface area contributed by atoms with Gasteiger partial charge < -0.3 is 4.74 Å². The van der Waals surface area contributed by atoms with Crippen LogP contribution in [0.4, 0.5) is 0 Å². The summed E-state index contributed by atoms with van der Waals surface area (Å²) in [5.41, 5.74) is 1.17. The minimum atomic E-state index is 0.538. The number of rotatable bonds is 1. The molecule has 1 aliphatic rings. The molecule has 0 aliphatic carbocycles. The zero-order chi connectivity index (χ0) is 7.52. The van der Waals surface area contributed by atoms with E-state index in [1.165, 1.54) is 5.69 Å². The summed E-state index contributed by atoms with van der Waals surface area (Å²) < 4.78 is 5.27. The van der Waals surface area contributed by atoms with Crippen LogP contribution in [0.2, 0.25) is 0 Å². The smallest absolute Gasteiger partial charge is 0.0550 e. The van der Waals surface area contributed by atoms with E-state index in [1.54, 1.807) is 0 Å². The quantitative estimate of drug-likeness (QED) is 0.605. The van der Waals surface area contributed by atoms with Gasteiger partial charge in [-0.3, -0.25) is 4.98 Å². The molecule has 2 heterocycles. The molecule has 0 radical (unpaired) electrons. The molecule has 2 heteroatoms. The van der Waals surface area contributed by atoms with E-state index >= 15 is 0 Å². The zero-order valence-electron chi connectivity index (χ0n) is 6.36. The van der Waals surface area contributed by atoms with Crippen LogP contribution < -0.4 is 0 Å². The summed E-state index contributed by atoms with van der Waals surface area (Å²) in [4.78, 5) is 4.28. The van der Waals surface area contributed by atoms with Crippen LogP contribution in [-0.4, -0.2) is 18.2 Å². The summed E-state index contributed by atoms with van der Waals surface area (Å²) in [5.74, 6) is 0.538. The molecule has 0 unspecified atom stereocenters. The Bertz CT molecular complexity index is 216. The maximum absolute atomic E-state index is 5.27. The van der Waals surface area contributed by atoms with E-state index < -0.39 is 0 Å². The SMILES string of the molecule is c1ccc([C@@H]2CCOC2)nc1. The van der Waals surface area contributed by atoms with Gasteiger partial charge in [0.2, 0.25) is 0 Å². The van der Waals surface area contributed by atoms with E-state index in [9.17, 15) is 0 Å². The van der Waals surface area contributed by atoms with Crippen molar-refractivity contribution in [2.75, 3.05) is 13.2 Å². The lowest BCUT2D eigenvalue weighted by Gasteiger charge is -2.04. The van der Waals surface area contributed by atoms with Crippen LogP contribution >= 0.6 is 0 Å². The van der Waals surface area contributed by atoms with Crippen molar-refractivity contribution >= 4 is 0 Å². The van der Waals surface area contributed by atoms with Gasteiger partial charge in [-0.1, -0.05) is 6.07 Å². The maximum Gasteiger partial charge on any atom is 0.0550 e. The number of nitrogens with zero attached hydrogens (tertiary/aromatic N) is 1. The summed E-state index contributed by atoms with van der Waals surface area (Å²) in [6.45, 7) is 1.73. The van der Waals surface area contributed by atoms with Crippen LogP contribution in [0.5, 0.6) is 0 Å². The monoisotopic (exact) mass is 149 g/mol. The van der Waals surface area contributed by atoms with Crippen molar-refractivity contribution < 1.29 is 4.74 Å². The lowest BCUT2D eigenvalue weighted by Crippen LogP contribution is -1.99. The Balaban J connectivity index is 2.16. The molecule has 1 aromatic heterocycles. The van der Waals surface area contributed by atoms with Gasteiger partial charge in [-0.2, -0.15) is 0 Å². The lowest BCUT2D eigenvalue weighted by atomic mass is 10.0. The van der Waals surface area contributed by atoms with Crippen molar-refractivity contribution in [3.05, 3.63) is 30.1 Å². The van der Waals surface area contributed by atoms with E-state index in [2.05, 4.69) is 11.1 Å². The molecule has 1 aromatic rings. The first kappa shape index (κ1) is 6.80. The highest BCUT2D eigenvalue weighted by Crippen LogP contribution is 2.22. The van der Waals surface area contributed by atoms with E-state index in [-0.39, 0.29) is 0 Å². The average molecular weight is 149 g/mol. The van der Waals surface area contributed by atoms with Gasteiger partial charge in [0.05, 0.1) is 6.61 Å². The zero-order valence-corrected chi connectivity index (χ0v) is 6.36. The number of hydrogen-bond acceptors (Lipinski definition) is 2. The average Bonchev–Trinajstić information content (AvgIpc) is 2.58. The van der Waals surface area contributed by atoms with Crippen molar-refractivity contribution in [1.82, 2.24) is 4.98 Å². The van der Waals surface area contributed by atoms with Crippen molar-refractivity contribution in [3.63, 3.8) is 0 Å². The second-order valence-corrected chi connectivity index (χ2v) is 2.82. The first-order valence-corrected chi connectivity index (χ1v) is 3.95. The van der Waals surface area contributed by atoms with E-state index in [0.29, 0.717) is 5.92 Å². The normalized spacial score (nSPS) is 23.8. The van der Waals surface area contributed by atoms with E-state index in [0.717, 1.165) is 19.6 Å². The topological polar surface area (TPSA) is 22.1 Å². The summed E-state index contributed by atoms with van der Waals surface area (Å²) in [7, 11) is 0. The second-order valence-electron chi connectivity index (χ2n) is 2.82. The third-order valence-corrected chi connectivity index (χ3v) is 2.04. The van der Waals surface area contributed by atoms with E-state index in [1.807, 2.05) is 18.3 Å². The maximum atomic E-state index is 5.27. The Morgan fingerprint density at radius 2 is 2.45 bits per heavy atom.